The van der Waals surface area contributed by atoms with Crippen molar-refractivity contribution >= 4 is 25.5 Å². The molecule has 0 aliphatic rings. The van der Waals surface area contributed by atoms with Gasteiger partial charge in [0.2, 0.25) is 0 Å². The van der Waals surface area contributed by atoms with E-state index in [9.17, 15) is 28.9 Å². The second-order valence-corrected chi connectivity index (χ2v) is 16.3. The van der Waals surface area contributed by atoms with Gasteiger partial charge in [0.1, 0.15) is 12.7 Å². The van der Waals surface area contributed by atoms with Crippen molar-refractivity contribution in [1.29, 1.82) is 0 Å². The number of ether oxygens (including phenoxy) is 2. The molecular formula is C44H77O11P. The molecule has 0 aliphatic carbocycles. The van der Waals surface area contributed by atoms with Crippen LogP contribution in [0.5, 0.6) is 0 Å². The summed E-state index contributed by atoms with van der Waals surface area (Å²) in [5.41, 5.74) is 0. The Bertz CT molecular complexity index is 1150. The van der Waals surface area contributed by atoms with Gasteiger partial charge in [0, 0.05) is 19.3 Å². The van der Waals surface area contributed by atoms with Crippen molar-refractivity contribution in [3.63, 3.8) is 0 Å². The molecule has 0 fully saturated rings. The monoisotopic (exact) mass is 813 g/mol. The Morgan fingerprint density at radius 3 is 1.84 bits per heavy atom. The van der Waals surface area contributed by atoms with E-state index in [1.54, 1.807) is 12.2 Å². The third kappa shape index (κ3) is 38.5. The maximum Gasteiger partial charge on any atom is 0.472 e. The van der Waals surface area contributed by atoms with Crippen molar-refractivity contribution in [3.05, 3.63) is 48.6 Å². The number of ketones is 1. The third-order valence-corrected chi connectivity index (χ3v) is 9.84. The van der Waals surface area contributed by atoms with E-state index in [1.807, 2.05) is 6.08 Å². The van der Waals surface area contributed by atoms with Crippen LogP contribution in [0.1, 0.15) is 168 Å². The summed E-state index contributed by atoms with van der Waals surface area (Å²) in [6.45, 7) is 4.39. The summed E-state index contributed by atoms with van der Waals surface area (Å²) >= 11 is 0. The van der Waals surface area contributed by atoms with E-state index in [4.69, 9.17) is 19.1 Å². The summed E-state index contributed by atoms with van der Waals surface area (Å²) in [5, 5.41) is 18.3. The number of rotatable bonds is 39. The molecule has 0 aromatic carbocycles. The molecule has 324 valence electrons. The van der Waals surface area contributed by atoms with Crippen LogP contribution in [-0.2, 0) is 37.5 Å². The minimum atomic E-state index is -4.68. The number of aliphatic hydroxyl groups excluding tert-OH is 2. The Kier molecular flexibility index (Phi) is 36.5. The molecule has 0 spiro atoms. The first-order chi connectivity index (χ1) is 27.0. The second kappa shape index (κ2) is 38.1. The lowest BCUT2D eigenvalue weighted by Gasteiger charge is -2.20. The second-order valence-electron chi connectivity index (χ2n) is 14.9. The summed E-state index contributed by atoms with van der Waals surface area (Å²) in [7, 11) is -4.68. The molecule has 0 amide bonds. The van der Waals surface area contributed by atoms with E-state index in [0.717, 1.165) is 44.4 Å². The van der Waals surface area contributed by atoms with Crippen molar-refractivity contribution in [1.82, 2.24) is 0 Å². The Labute approximate surface area is 339 Å². The zero-order valence-corrected chi connectivity index (χ0v) is 35.9. The molecule has 0 rings (SSSR count). The Balaban J connectivity index is 4.51. The van der Waals surface area contributed by atoms with E-state index in [0.29, 0.717) is 6.42 Å². The molecule has 0 aromatic heterocycles. The summed E-state index contributed by atoms with van der Waals surface area (Å²) in [6, 6.07) is 0. The van der Waals surface area contributed by atoms with Crippen LogP contribution in [0, 0.1) is 5.92 Å². The van der Waals surface area contributed by atoms with E-state index in [1.165, 1.54) is 83.1 Å². The van der Waals surface area contributed by atoms with E-state index in [2.05, 4.69) is 49.6 Å². The zero-order chi connectivity index (χ0) is 41.5. The highest BCUT2D eigenvalue weighted by Gasteiger charge is 2.27. The number of esters is 2. The Morgan fingerprint density at radius 2 is 1.21 bits per heavy atom. The molecule has 0 aliphatic heterocycles. The average Bonchev–Trinajstić information content (AvgIpc) is 3.16. The SMILES string of the molecule is CCCCC/C=C\C/C=C\C/C=C\C=C\C(=O)CCCC(=O)O[C@H](COC(=O)CCCCCCCCCCCCCCC(C)C)COP(=O)(O)OC[C@@H](O)CO. The van der Waals surface area contributed by atoms with Gasteiger partial charge >= 0.3 is 19.8 Å². The lowest BCUT2D eigenvalue weighted by molar-refractivity contribution is -0.161. The number of carbonyl (C=O) groups is 3. The molecule has 12 heteroatoms. The van der Waals surface area contributed by atoms with Crippen molar-refractivity contribution < 1.29 is 52.6 Å². The predicted octanol–water partition coefficient (Wildman–Crippen LogP) is 10.4. The minimum absolute atomic E-state index is 0.105. The fourth-order valence-electron chi connectivity index (χ4n) is 5.54. The quantitative estimate of drug-likeness (QED) is 0.0135. The topological polar surface area (TPSA) is 166 Å². The number of allylic oxidation sites excluding steroid dienone is 8. The fraction of sp³-hybridized carbons (Fsp3) is 0.750. The van der Waals surface area contributed by atoms with Crippen LogP contribution in [0.3, 0.4) is 0 Å². The molecule has 0 radical (unpaired) electrons. The smallest absolute Gasteiger partial charge is 0.462 e. The van der Waals surface area contributed by atoms with Crippen LogP contribution < -0.4 is 0 Å². The number of carbonyl (C=O) groups excluding carboxylic acids is 3. The lowest BCUT2D eigenvalue weighted by Crippen LogP contribution is -2.30. The number of phosphoric ester groups is 1. The molecule has 56 heavy (non-hydrogen) atoms. The van der Waals surface area contributed by atoms with E-state index in [-0.39, 0.29) is 31.5 Å². The van der Waals surface area contributed by atoms with Crippen LogP contribution in [0.25, 0.3) is 0 Å². The third-order valence-electron chi connectivity index (χ3n) is 8.89. The molecule has 3 atom stereocenters. The summed E-state index contributed by atoms with van der Waals surface area (Å²) in [4.78, 5) is 47.2. The predicted molar refractivity (Wildman–Crippen MR) is 224 cm³/mol. The number of unbranched alkanes of at least 4 members (excludes halogenated alkanes) is 14. The van der Waals surface area contributed by atoms with Crippen molar-refractivity contribution in [2.24, 2.45) is 5.92 Å². The van der Waals surface area contributed by atoms with E-state index >= 15 is 0 Å². The normalized spacial score (nSPS) is 14.3. The first-order valence-electron chi connectivity index (χ1n) is 21.4. The van der Waals surface area contributed by atoms with Crippen molar-refractivity contribution in [3.8, 4) is 0 Å². The van der Waals surface area contributed by atoms with Gasteiger partial charge in [-0.3, -0.25) is 23.4 Å². The number of aliphatic hydroxyl groups is 2. The summed E-state index contributed by atoms with van der Waals surface area (Å²) in [5.74, 6) is -0.533. The minimum Gasteiger partial charge on any atom is -0.462 e. The molecule has 11 nitrogen and oxygen atoms in total. The molecule has 0 saturated heterocycles. The Hall–Kier alpha value is -2.40. The van der Waals surface area contributed by atoms with Gasteiger partial charge in [-0.1, -0.05) is 153 Å². The summed E-state index contributed by atoms with van der Waals surface area (Å²) < 4.78 is 32.5. The van der Waals surface area contributed by atoms with Crippen LogP contribution in [0.2, 0.25) is 0 Å². The summed E-state index contributed by atoms with van der Waals surface area (Å²) in [6.07, 6.45) is 35.2. The highest BCUT2D eigenvalue weighted by molar-refractivity contribution is 7.47. The molecule has 0 saturated carbocycles. The van der Waals surface area contributed by atoms with Crippen molar-refractivity contribution in [2.45, 2.75) is 181 Å². The van der Waals surface area contributed by atoms with Gasteiger partial charge in [-0.05, 0) is 50.5 Å². The van der Waals surface area contributed by atoms with Gasteiger partial charge in [-0.25, -0.2) is 4.57 Å². The van der Waals surface area contributed by atoms with E-state index < -0.39 is 58.4 Å². The first-order valence-corrected chi connectivity index (χ1v) is 22.9. The average molecular weight is 813 g/mol. The largest absolute Gasteiger partial charge is 0.472 e. The number of hydrogen-bond donors (Lipinski definition) is 3. The van der Waals surface area contributed by atoms with Crippen LogP contribution in [0.15, 0.2) is 48.6 Å². The number of hydrogen-bond acceptors (Lipinski definition) is 10. The van der Waals surface area contributed by atoms with Crippen LogP contribution in [0.4, 0.5) is 0 Å². The van der Waals surface area contributed by atoms with Crippen LogP contribution >= 0.6 is 7.82 Å². The Morgan fingerprint density at radius 1 is 0.643 bits per heavy atom. The van der Waals surface area contributed by atoms with Crippen LogP contribution in [-0.4, -0.2) is 71.5 Å². The molecule has 0 aromatic rings. The molecule has 3 N–H and O–H groups in total. The van der Waals surface area contributed by atoms with Gasteiger partial charge in [0.05, 0.1) is 19.8 Å². The van der Waals surface area contributed by atoms with Crippen molar-refractivity contribution in [2.75, 3.05) is 26.4 Å². The highest BCUT2D eigenvalue weighted by Crippen LogP contribution is 2.43. The van der Waals surface area contributed by atoms with Gasteiger partial charge in [0.15, 0.2) is 11.9 Å². The number of phosphoric acid groups is 1. The molecule has 0 bridgehead atoms. The van der Waals surface area contributed by atoms with Gasteiger partial charge < -0.3 is 24.6 Å². The molecular weight excluding hydrogens is 735 g/mol. The van der Waals surface area contributed by atoms with Gasteiger partial charge in [0.25, 0.3) is 0 Å². The van der Waals surface area contributed by atoms with Gasteiger partial charge in [-0.15, -0.1) is 0 Å². The maximum absolute atomic E-state index is 12.6. The fourth-order valence-corrected chi connectivity index (χ4v) is 6.33. The molecule has 0 heterocycles. The standard InChI is InChI=1S/C44H77O11P/c1-4-5-6-7-8-9-10-11-15-18-21-24-27-31-40(46)32-29-34-44(49)55-42(38-54-56(50,51)53-36-41(47)35-45)37-52-43(48)33-28-25-22-19-16-13-12-14-17-20-23-26-30-39(2)3/h8-9,11,15,21,24,27,31,39,41-42,45,47H,4-7,10,12-14,16-20,22-23,25-26,28-30,32-38H2,1-3H3,(H,50,51)/b9-8-,15-11-,24-21-,31-27+/t41-,42+/m0/s1. The highest BCUT2D eigenvalue weighted by atomic mass is 31.2. The lowest BCUT2D eigenvalue weighted by atomic mass is 10.0. The maximum atomic E-state index is 12.6. The van der Waals surface area contributed by atoms with Gasteiger partial charge in [-0.2, -0.15) is 0 Å². The molecule has 1 unspecified atom stereocenters. The zero-order valence-electron chi connectivity index (χ0n) is 35.0. The first kappa shape index (κ1) is 53.6.